The summed E-state index contributed by atoms with van der Waals surface area (Å²) in [5.41, 5.74) is 2.16. The Balaban J connectivity index is 1.36. The first kappa shape index (κ1) is 17.6. The quantitative estimate of drug-likeness (QED) is 0.798. The summed E-state index contributed by atoms with van der Waals surface area (Å²) >= 11 is 6.11. The van der Waals surface area contributed by atoms with Crippen molar-refractivity contribution in [1.82, 2.24) is 4.90 Å². The van der Waals surface area contributed by atoms with Gasteiger partial charge in [0.1, 0.15) is 0 Å². The van der Waals surface area contributed by atoms with Crippen LogP contribution in [0.15, 0.2) is 54.6 Å². The minimum atomic E-state index is -0.161. The summed E-state index contributed by atoms with van der Waals surface area (Å²) in [6.45, 7) is 3.92. The van der Waals surface area contributed by atoms with Gasteiger partial charge in [0.25, 0.3) is 0 Å². The van der Waals surface area contributed by atoms with Gasteiger partial charge in [-0.15, -0.1) is 0 Å². The first-order valence-electron chi connectivity index (χ1n) is 9.50. The summed E-state index contributed by atoms with van der Waals surface area (Å²) < 4.78 is 0. The second-order valence-electron chi connectivity index (χ2n) is 7.54. The molecule has 1 amide bonds. The molecule has 136 valence electrons. The maximum absolute atomic E-state index is 13.1. The molecule has 0 bridgehead atoms. The maximum Gasteiger partial charge on any atom is 0.233 e. The van der Waals surface area contributed by atoms with Gasteiger partial charge >= 0.3 is 0 Å². The Labute approximate surface area is 160 Å². The van der Waals surface area contributed by atoms with Gasteiger partial charge in [-0.3, -0.25) is 4.79 Å². The van der Waals surface area contributed by atoms with Crippen molar-refractivity contribution in [2.45, 2.75) is 25.7 Å². The third-order valence-corrected chi connectivity index (χ3v) is 6.24. The maximum atomic E-state index is 13.1. The fourth-order valence-electron chi connectivity index (χ4n) is 4.31. The Hall–Kier alpha value is -1.84. The Morgan fingerprint density at radius 3 is 2.38 bits per heavy atom. The zero-order valence-corrected chi connectivity index (χ0v) is 15.8. The van der Waals surface area contributed by atoms with Gasteiger partial charge < -0.3 is 9.80 Å². The van der Waals surface area contributed by atoms with Crippen LogP contribution in [0.3, 0.4) is 0 Å². The average molecular weight is 369 g/mol. The van der Waals surface area contributed by atoms with Crippen molar-refractivity contribution in [3.05, 3.63) is 65.2 Å². The number of benzene rings is 2. The molecule has 4 rings (SSSR count). The molecule has 0 aromatic heterocycles. The van der Waals surface area contributed by atoms with Gasteiger partial charge in [0.05, 0.1) is 5.41 Å². The second kappa shape index (κ2) is 7.42. The molecule has 0 unspecified atom stereocenters. The average Bonchev–Trinajstić information content (AvgIpc) is 2.98. The molecule has 2 fully saturated rings. The molecular weight excluding hydrogens is 344 g/mol. The molecule has 0 saturated carbocycles. The lowest BCUT2D eigenvalue weighted by Gasteiger charge is -2.38. The van der Waals surface area contributed by atoms with Crippen LogP contribution in [-0.4, -0.2) is 37.0 Å². The number of halogens is 1. The number of carbonyl (C=O) groups is 1. The molecule has 2 aliphatic heterocycles. The van der Waals surface area contributed by atoms with Gasteiger partial charge in [0, 0.05) is 23.8 Å². The van der Waals surface area contributed by atoms with Gasteiger partial charge in [0.2, 0.25) is 5.91 Å². The predicted octanol–water partition coefficient (Wildman–Crippen LogP) is 4.40. The second-order valence-corrected chi connectivity index (χ2v) is 7.98. The molecule has 2 aliphatic rings. The molecule has 0 radical (unpaired) electrons. The largest absolute Gasteiger partial charge is 0.312 e. The van der Waals surface area contributed by atoms with E-state index in [1.54, 1.807) is 0 Å². The van der Waals surface area contributed by atoms with Gasteiger partial charge in [-0.25, -0.2) is 0 Å². The van der Waals surface area contributed by atoms with Gasteiger partial charge in [-0.2, -0.15) is 0 Å². The highest BCUT2D eigenvalue weighted by atomic mass is 35.5. The van der Waals surface area contributed by atoms with E-state index in [2.05, 4.69) is 35.2 Å². The fraction of sp³-hybridized carbons (Fsp3) is 0.409. The van der Waals surface area contributed by atoms with E-state index in [-0.39, 0.29) is 5.41 Å². The number of likely N-dealkylation sites (tertiary alicyclic amines) is 1. The minimum Gasteiger partial charge on any atom is -0.312 e. The molecule has 0 N–H and O–H groups in total. The normalized spacial score (nSPS) is 20.0. The highest BCUT2D eigenvalue weighted by Crippen LogP contribution is 2.43. The lowest BCUT2D eigenvalue weighted by atomic mass is 9.77. The minimum absolute atomic E-state index is 0.161. The van der Waals surface area contributed by atoms with E-state index in [1.165, 1.54) is 5.56 Å². The summed E-state index contributed by atoms with van der Waals surface area (Å²) in [5, 5.41) is 0.687. The molecule has 0 atom stereocenters. The Bertz CT molecular complexity index is 769. The van der Waals surface area contributed by atoms with Crippen molar-refractivity contribution in [3.8, 4) is 0 Å². The van der Waals surface area contributed by atoms with Crippen molar-refractivity contribution < 1.29 is 4.79 Å². The molecule has 1 spiro atoms. The first-order chi connectivity index (χ1) is 12.7. The lowest BCUT2D eigenvalue weighted by Crippen LogP contribution is -2.45. The first-order valence-corrected chi connectivity index (χ1v) is 9.88. The Morgan fingerprint density at radius 2 is 1.65 bits per heavy atom. The molecule has 2 aromatic carbocycles. The number of amides is 1. The van der Waals surface area contributed by atoms with E-state index in [9.17, 15) is 4.79 Å². The van der Waals surface area contributed by atoms with Crippen LogP contribution in [0.1, 0.15) is 24.8 Å². The lowest BCUT2D eigenvalue weighted by molar-refractivity contribution is -0.128. The van der Waals surface area contributed by atoms with Crippen molar-refractivity contribution in [3.63, 3.8) is 0 Å². The summed E-state index contributed by atoms with van der Waals surface area (Å²) in [7, 11) is 0. The van der Waals surface area contributed by atoms with E-state index in [0.717, 1.165) is 57.5 Å². The fourth-order valence-corrected chi connectivity index (χ4v) is 4.50. The molecule has 0 aliphatic carbocycles. The Kier molecular flexibility index (Phi) is 5.01. The van der Waals surface area contributed by atoms with Crippen molar-refractivity contribution in [1.29, 1.82) is 0 Å². The van der Waals surface area contributed by atoms with E-state index >= 15 is 0 Å². The number of carbonyl (C=O) groups excluding carboxylic acids is 1. The van der Waals surface area contributed by atoms with Crippen LogP contribution < -0.4 is 4.90 Å². The van der Waals surface area contributed by atoms with Crippen LogP contribution in [0.5, 0.6) is 0 Å². The molecule has 2 aromatic rings. The van der Waals surface area contributed by atoms with Crippen molar-refractivity contribution >= 4 is 23.2 Å². The van der Waals surface area contributed by atoms with Crippen LogP contribution in [0.4, 0.5) is 5.69 Å². The number of nitrogens with zero attached hydrogens (tertiary/aromatic N) is 2. The van der Waals surface area contributed by atoms with Crippen molar-refractivity contribution in [2.75, 3.05) is 31.1 Å². The van der Waals surface area contributed by atoms with Crippen LogP contribution in [0.25, 0.3) is 0 Å². The summed E-state index contributed by atoms with van der Waals surface area (Å²) in [6.07, 6.45) is 3.98. The van der Waals surface area contributed by atoms with E-state index < -0.39 is 0 Å². The van der Waals surface area contributed by atoms with E-state index in [0.29, 0.717) is 10.9 Å². The SMILES string of the molecule is O=C1N(c2cccc(Cl)c2)CCC12CCN(CCc1ccccc1)CC2. The van der Waals surface area contributed by atoms with Gasteiger partial charge in [0.15, 0.2) is 0 Å². The molecule has 2 heterocycles. The smallest absolute Gasteiger partial charge is 0.233 e. The zero-order chi connectivity index (χ0) is 18.0. The topological polar surface area (TPSA) is 23.6 Å². The summed E-state index contributed by atoms with van der Waals surface area (Å²) in [5.74, 6) is 0.294. The van der Waals surface area contributed by atoms with Crippen LogP contribution >= 0.6 is 11.6 Å². The van der Waals surface area contributed by atoms with Gasteiger partial charge in [-0.05, 0) is 62.5 Å². The standard InChI is InChI=1S/C22H25ClN2O/c23-19-7-4-8-20(17-19)25-16-12-22(21(25)26)10-14-24(15-11-22)13-9-18-5-2-1-3-6-18/h1-8,17H,9-16H2. The predicted molar refractivity (Wildman–Crippen MR) is 107 cm³/mol. The molecular formula is C22H25ClN2O. The number of piperidine rings is 1. The number of anilines is 1. The summed E-state index contributed by atoms with van der Waals surface area (Å²) in [6, 6.07) is 18.3. The molecule has 3 nitrogen and oxygen atoms in total. The number of hydrogen-bond acceptors (Lipinski definition) is 2. The van der Waals surface area contributed by atoms with Crippen molar-refractivity contribution in [2.24, 2.45) is 5.41 Å². The Morgan fingerprint density at radius 1 is 0.923 bits per heavy atom. The number of rotatable bonds is 4. The third kappa shape index (κ3) is 3.51. The zero-order valence-electron chi connectivity index (χ0n) is 15.0. The number of hydrogen-bond donors (Lipinski definition) is 0. The van der Waals surface area contributed by atoms with Crippen LogP contribution in [-0.2, 0) is 11.2 Å². The third-order valence-electron chi connectivity index (χ3n) is 6.01. The molecule has 26 heavy (non-hydrogen) atoms. The van der Waals surface area contributed by atoms with Crippen LogP contribution in [0.2, 0.25) is 5.02 Å². The van der Waals surface area contributed by atoms with E-state index in [1.807, 2.05) is 29.2 Å². The van der Waals surface area contributed by atoms with Crippen LogP contribution in [0, 0.1) is 5.41 Å². The van der Waals surface area contributed by atoms with E-state index in [4.69, 9.17) is 11.6 Å². The summed E-state index contributed by atoms with van der Waals surface area (Å²) in [4.78, 5) is 17.6. The highest BCUT2D eigenvalue weighted by molar-refractivity contribution is 6.31. The molecule has 2 saturated heterocycles. The van der Waals surface area contributed by atoms with Gasteiger partial charge in [-0.1, -0.05) is 48.0 Å². The monoisotopic (exact) mass is 368 g/mol. The highest BCUT2D eigenvalue weighted by Gasteiger charge is 2.48. The molecule has 4 heteroatoms.